The smallest absolute Gasteiger partial charge is 0.227 e. The number of rotatable bonds is 7. The number of oxazole rings is 1. The molecule has 0 saturated carbocycles. The number of hydrogen-bond acceptors (Lipinski definition) is 3. The minimum absolute atomic E-state index is 0.625. The van der Waals surface area contributed by atoms with Crippen LogP contribution in [-0.4, -0.2) is 4.98 Å². The van der Waals surface area contributed by atoms with Gasteiger partial charge in [-0.25, -0.2) is 4.98 Å². The summed E-state index contributed by atoms with van der Waals surface area (Å²) in [5, 5.41) is 4.65. The fourth-order valence-electron chi connectivity index (χ4n) is 7.76. The molecule has 254 valence electrons. The first-order chi connectivity index (χ1) is 26.8. The van der Waals surface area contributed by atoms with Crippen LogP contribution in [0.5, 0.6) is 0 Å². The van der Waals surface area contributed by atoms with Gasteiger partial charge in [-0.1, -0.05) is 146 Å². The highest BCUT2D eigenvalue weighted by atomic mass is 16.3. The van der Waals surface area contributed by atoms with Crippen LogP contribution in [0.15, 0.2) is 211 Å². The van der Waals surface area contributed by atoms with E-state index in [1.54, 1.807) is 0 Å². The summed E-state index contributed by atoms with van der Waals surface area (Å²) in [5.74, 6) is 0.625. The summed E-state index contributed by atoms with van der Waals surface area (Å²) >= 11 is 0. The van der Waals surface area contributed by atoms with Gasteiger partial charge in [-0.15, -0.1) is 0 Å². The zero-order chi connectivity index (χ0) is 35.8. The minimum atomic E-state index is 0.625. The lowest BCUT2D eigenvalue weighted by molar-refractivity contribution is 0.620. The number of nitrogens with zero attached hydrogens (tertiary/aromatic N) is 2. The van der Waals surface area contributed by atoms with E-state index in [1.807, 2.05) is 30.3 Å². The Balaban J connectivity index is 1.17. The number of anilines is 3. The van der Waals surface area contributed by atoms with Crippen LogP contribution in [0, 0.1) is 0 Å². The maximum atomic E-state index is 6.30. The molecule has 0 unspecified atom stereocenters. The Morgan fingerprint density at radius 1 is 0.352 bits per heavy atom. The van der Waals surface area contributed by atoms with Crippen LogP contribution < -0.4 is 4.90 Å². The molecule has 0 bridgehead atoms. The summed E-state index contributed by atoms with van der Waals surface area (Å²) in [6, 6.07) is 73.0. The molecule has 0 radical (unpaired) electrons. The Morgan fingerprint density at radius 2 is 0.963 bits per heavy atom. The zero-order valence-corrected chi connectivity index (χ0v) is 29.4. The summed E-state index contributed by atoms with van der Waals surface area (Å²) < 4.78 is 6.30. The van der Waals surface area contributed by atoms with E-state index in [4.69, 9.17) is 9.40 Å². The van der Waals surface area contributed by atoms with Gasteiger partial charge in [0.1, 0.15) is 5.52 Å². The van der Waals surface area contributed by atoms with E-state index in [0.717, 1.165) is 66.8 Å². The van der Waals surface area contributed by atoms with Crippen molar-refractivity contribution in [3.05, 3.63) is 206 Å². The fraction of sp³-hybridized carbons (Fsp3) is 0. The zero-order valence-electron chi connectivity index (χ0n) is 29.4. The van der Waals surface area contributed by atoms with Crippen molar-refractivity contribution in [1.82, 2.24) is 4.98 Å². The second-order valence-corrected chi connectivity index (χ2v) is 13.5. The standard InChI is InChI=1S/C51H34N2O/c1-4-15-35(16-5-1)44-30-29-41(34-48(44)45-27-14-28-47-46(45)31-32-49-50(47)52-51(54-49)37-18-6-2-7-19-37)53(39-22-8-3-9-23-39)40-24-12-21-38(33-40)43-26-13-20-36-17-10-11-25-42(36)43/h1-34H. The summed E-state index contributed by atoms with van der Waals surface area (Å²) in [4.78, 5) is 7.39. The molecule has 0 fully saturated rings. The van der Waals surface area contributed by atoms with Crippen molar-refractivity contribution in [1.29, 1.82) is 0 Å². The van der Waals surface area contributed by atoms with Crippen LogP contribution in [0.4, 0.5) is 17.1 Å². The van der Waals surface area contributed by atoms with Crippen molar-refractivity contribution in [2.75, 3.05) is 4.90 Å². The monoisotopic (exact) mass is 690 g/mol. The maximum Gasteiger partial charge on any atom is 0.227 e. The quantitative estimate of drug-likeness (QED) is 0.167. The average molecular weight is 691 g/mol. The molecule has 0 spiro atoms. The lowest BCUT2D eigenvalue weighted by Crippen LogP contribution is -2.10. The van der Waals surface area contributed by atoms with Crippen molar-refractivity contribution < 1.29 is 4.42 Å². The molecule has 0 atom stereocenters. The highest BCUT2D eigenvalue weighted by Gasteiger charge is 2.20. The third-order valence-corrected chi connectivity index (χ3v) is 10.3. The van der Waals surface area contributed by atoms with Gasteiger partial charge in [-0.3, -0.25) is 0 Å². The van der Waals surface area contributed by atoms with E-state index in [-0.39, 0.29) is 0 Å². The SMILES string of the molecule is c1ccc(-c2nc3c(ccc4c(-c5cc(N(c6ccccc6)c6cccc(-c7cccc8ccccc78)c6)ccc5-c5ccccc5)cccc43)o2)cc1. The molecule has 0 saturated heterocycles. The van der Waals surface area contributed by atoms with Gasteiger partial charge in [0.05, 0.1) is 0 Å². The molecule has 10 rings (SSSR count). The third-order valence-electron chi connectivity index (χ3n) is 10.3. The van der Waals surface area contributed by atoms with Crippen molar-refractivity contribution in [3.8, 4) is 44.8 Å². The van der Waals surface area contributed by atoms with Gasteiger partial charge in [0.25, 0.3) is 0 Å². The lowest BCUT2D eigenvalue weighted by Gasteiger charge is -2.27. The van der Waals surface area contributed by atoms with Crippen molar-refractivity contribution in [2.24, 2.45) is 0 Å². The predicted octanol–water partition coefficient (Wildman–Crippen LogP) is 14.3. The van der Waals surface area contributed by atoms with Crippen LogP contribution in [0.2, 0.25) is 0 Å². The van der Waals surface area contributed by atoms with E-state index in [1.165, 1.54) is 21.9 Å². The second-order valence-electron chi connectivity index (χ2n) is 13.5. The molecule has 9 aromatic carbocycles. The molecular weight excluding hydrogens is 657 g/mol. The van der Waals surface area contributed by atoms with Gasteiger partial charge >= 0.3 is 0 Å². The van der Waals surface area contributed by atoms with Gasteiger partial charge in [0.2, 0.25) is 5.89 Å². The summed E-state index contributed by atoms with van der Waals surface area (Å²) in [6.07, 6.45) is 0. The summed E-state index contributed by atoms with van der Waals surface area (Å²) in [5.41, 5.74) is 12.8. The van der Waals surface area contributed by atoms with Gasteiger partial charge in [0, 0.05) is 28.0 Å². The second kappa shape index (κ2) is 13.4. The Labute approximate surface area is 314 Å². The molecule has 0 aliphatic heterocycles. The van der Waals surface area contributed by atoms with Crippen LogP contribution >= 0.6 is 0 Å². The van der Waals surface area contributed by atoms with Crippen LogP contribution in [0.3, 0.4) is 0 Å². The fourth-order valence-corrected chi connectivity index (χ4v) is 7.76. The van der Waals surface area contributed by atoms with Crippen LogP contribution in [0.25, 0.3) is 77.5 Å². The van der Waals surface area contributed by atoms with Crippen molar-refractivity contribution in [2.45, 2.75) is 0 Å². The van der Waals surface area contributed by atoms with Gasteiger partial charge in [-0.2, -0.15) is 0 Å². The lowest BCUT2D eigenvalue weighted by atomic mass is 9.90. The Kier molecular flexibility index (Phi) is 7.81. The van der Waals surface area contributed by atoms with Crippen molar-refractivity contribution >= 4 is 49.7 Å². The van der Waals surface area contributed by atoms with E-state index in [2.05, 4.69) is 181 Å². The number of aromatic nitrogens is 1. The minimum Gasteiger partial charge on any atom is -0.436 e. The molecule has 0 aliphatic rings. The number of hydrogen-bond donors (Lipinski definition) is 0. The Hall–Kier alpha value is -7.23. The first-order valence-electron chi connectivity index (χ1n) is 18.3. The maximum absolute atomic E-state index is 6.30. The molecule has 3 nitrogen and oxygen atoms in total. The molecule has 3 heteroatoms. The molecule has 0 aliphatic carbocycles. The Morgan fingerprint density at radius 3 is 1.80 bits per heavy atom. The van der Waals surface area contributed by atoms with E-state index < -0.39 is 0 Å². The van der Waals surface area contributed by atoms with E-state index in [9.17, 15) is 0 Å². The summed E-state index contributed by atoms with van der Waals surface area (Å²) in [6.45, 7) is 0. The average Bonchev–Trinajstić information content (AvgIpc) is 3.70. The van der Waals surface area contributed by atoms with Crippen LogP contribution in [-0.2, 0) is 0 Å². The number of para-hydroxylation sites is 1. The highest BCUT2D eigenvalue weighted by Crippen LogP contribution is 2.44. The largest absolute Gasteiger partial charge is 0.436 e. The Bertz CT molecular complexity index is 2930. The summed E-state index contributed by atoms with van der Waals surface area (Å²) in [7, 11) is 0. The first kappa shape index (κ1) is 31.5. The molecule has 1 heterocycles. The number of benzene rings is 9. The van der Waals surface area contributed by atoms with Gasteiger partial charge in [-0.05, 0) is 110 Å². The van der Waals surface area contributed by atoms with Gasteiger partial charge < -0.3 is 9.32 Å². The normalized spacial score (nSPS) is 11.3. The van der Waals surface area contributed by atoms with Crippen molar-refractivity contribution in [3.63, 3.8) is 0 Å². The van der Waals surface area contributed by atoms with Crippen LogP contribution in [0.1, 0.15) is 0 Å². The topological polar surface area (TPSA) is 29.3 Å². The third kappa shape index (κ3) is 5.60. The molecular formula is C51H34N2O. The number of fused-ring (bicyclic) bond motifs is 4. The molecule has 10 aromatic rings. The predicted molar refractivity (Wildman–Crippen MR) is 225 cm³/mol. The molecule has 0 amide bonds. The first-order valence-corrected chi connectivity index (χ1v) is 18.3. The molecule has 1 aromatic heterocycles. The van der Waals surface area contributed by atoms with Gasteiger partial charge in [0.15, 0.2) is 5.58 Å². The van der Waals surface area contributed by atoms with E-state index in [0.29, 0.717) is 5.89 Å². The van der Waals surface area contributed by atoms with E-state index >= 15 is 0 Å². The molecule has 54 heavy (non-hydrogen) atoms. The molecule has 0 N–H and O–H groups in total. The highest BCUT2D eigenvalue weighted by molar-refractivity contribution is 6.11.